The van der Waals surface area contributed by atoms with Crippen molar-refractivity contribution in [3.05, 3.63) is 54.4 Å². The highest BCUT2D eigenvalue weighted by Crippen LogP contribution is 2.40. The Morgan fingerprint density at radius 3 is 2.49 bits per heavy atom. The van der Waals surface area contributed by atoms with Crippen LogP contribution >= 0.6 is 0 Å². The highest BCUT2D eigenvalue weighted by Gasteiger charge is 2.24. The van der Waals surface area contributed by atoms with Gasteiger partial charge in [0.1, 0.15) is 18.7 Å². The van der Waals surface area contributed by atoms with Crippen LogP contribution < -0.4 is 23.7 Å². The Bertz CT molecular complexity index is 1450. The molecule has 2 N–H and O–H groups in total. The number of morpholine rings is 1. The van der Waals surface area contributed by atoms with Crippen molar-refractivity contribution < 1.29 is 42.0 Å². The Balaban J connectivity index is 1.61. The third-order valence-electron chi connectivity index (χ3n) is 6.15. The number of hydrogen-bond donors (Lipinski definition) is 2. The number of anilines is 1. The number of benzene rings is 2. The molecule has 1 saturated heterocycles. The first-order valence-electron chi connectivity index (χ1n) is 12.8. The van der Waals surface area contributed by atoms with Crippen molar-refractivity contribution in [1.29, 1.82) is 0 Å². The van der Waals surface area contributed by atoms with E-state index in [1.807, 2.05) is 0 Å². The minimum atomic E-state index is -4.21. The molecule has 2 heterocycles. The van der Waals surface area contributed by atoms with Crippen LogP contribution in [0.1, 0.15) is 12.0 Å². The van der Waals surface area contributed by atoms with Crippen LogP contribution in [-0.4, -0.2) is 88.0 Å². The number of aliphatic hydroxyl groups excluding tert-OH is 1. The van der Waals surface area contributed by atoms with Gasteiger partial charge in [0.15, 0.2) is 17.3 Å². The van der Waals surface area contributed by atoms with E-state index in [0.29, 0.717) is 43.4 Å². The fraction of sp³-hybridized carbons (Fsp3) is 0.370. The number of carbonyl (C=O) groups is 1. The number of nitrogens with zero attached hydrogens (tertiary/aromatic N) is 3. The lowest BCUT2D eigenvalue weighted by molar-refractivity contribution is -0.135. The van der Waals surface area contributed by atoms with Crippen LogP contribution in [0.25, 0.3) is 0 Å². The molecule has 1 aliphatic heterocycles. The number of para-hydroxylation sites is 2. The summed E-state index contributed by atoms with van der Waals surface area (Å²) >= 11 is 0. The summed E-state index contributed by atoms with van der Waals surface area (Å²) in [7, 11) is -1.27. The molecular formula is C27H32N4O9S. The van der Waals surface area contributed by atoms with Gasteiger partial charge in [-0.2, -0.15) is 4.98 Å². The molecule has 4 rings (SSSR count). The maximum atomic E-state index is 13.5. The molecule has 0 spiro atoms. The molecule has 41 heavy (non-hydrogen) atoms. The van der Waals surface area contributed by atoms with Gasteiger partial charge in [-0.15, -0.1) is 0 Å². The predicted molar refractivity (Wildman–Crippen MR) is 147 cm³/mol. The van der Waals surface area contributed by atoms with Crippen LogP contribution in [0.2, 0.25) is 0 Å². The Labute approximate surface area is 238 Å². The molecular weight excluding hydrogens is 556 g/mol. The Morgan fingerprint density at radius 1 is 1.05 bits per heavy atom. The lowest BCUT2D eigenvalue weighted by atomic mass is 10.1. The van der Waals surface area contributed by atoms with Crippen LogP contribution in [0.15, 0.2) is 53.7 Å². The largest absolute Gasteiger partial charge is 0.496 e. The zero-order valence-electron chi connectivity index (χ0n) is 22.7. The molecule has 0 unspecified atom stereocenters. The van der Waals surface area contributed by atoms with Gasteiger partial charge in [-0.05, 0) is 42.3 Å². The molecule has 13 nitrogen and oxygen atoms in total. The van der Waals surface area contributed by atoms with E-state index >= 15 is 0 Å². The first kappa shape index (κ1) is 29.8. The zero-order valence-corrected chi connectivity index (χ0v) is 23.6. The smallest absolute Gasteiger partial charge is 0.263 e. The Hall–Kier alpha value is -4.14. The third-order valence-corrected chi connectivity index (χ3v) is 7.48. The molecule has 1 fully saturated rings. The number of rotatable bonds is 13. The molecule has 0 aliphatic carbocycles. The van der Waals surface area contributed by atoms with Crippen LogP contribution in [0.3, 0.4) is 0 Å². The van der Waals surface area contributed by atoms with E-state index in [-0.39, 0.29) is 60.1 Å². The average molecular weight is 589 g/mol. The fourth-order valence-corrected chi connectivity index (χ4v) is 5.16. The molecule has 1 aliphatic rings. The van der Waals surface area contributed by atoms with Crippen molar-refractivity contribution in [3.8, 4) is 28.9 Å². The summed E-state index contributed by atoms with van der Waals surface area (Å²) in [5.41, 5.74) is 0.553. The summed E-state index contributed by atoms with van der Waals surface area (Å²) in [5, 5.41) is 9.24. The quantitative estimate of drug-likeness (QED) is 0.302. The SMILES string of the molecule is COc1ccc(S(=O)(=O)Nc2ncnc(OCCO)c2Oc2ccccc2OC)cc1CCC(=O)N1CCOCC1. The first-order chi connectivity index (χ1) is 19.9. The lowest BCUT2D eigenvalue weighted by Gasteiger charge is -2.27. The van der Waals surface area contributed by atoms with Crippen molar-refractivity contribution in [2.45, 2.75) is 17.7 Å². The molecule has 0 saturated carbocycles. The number of aliphatic hydroxyl groups is 1. The third kappa shape index (κ3) is 7.54. The van der Waals surface area contributed by atoms with Gasteiger partial charge in [-0.25, -0.2) is 13.4 Å². The van der Waals surface area contributed by atoms with E-state index in [9.17, 15) is 18.3 Å². The minimum absolute atomic E-state index is 0.0451. The molecule has 1 amide bonds. The van der Waals surface area contributed by atoms with E-state index < -0.39 is 10.0 Å². The van der Waals surface area contributed by atoms with Crippen molar-refractivity contribution in [1.82, 2.24) is 14.9 Å². The Morgan fingerprint density at radius 2 is 1.78 bits per heavy atom. The second kappa shape index (κ2) is 14.0. The molecule has 3 aromatic rings. The van der Waals surface area contributed by atoms with Gasteiger partial charge >= 0.3 is 0 Å². The Kier molecular flexibility index (Phi) is 10.2. The van der Waals surface area contributed by atoms with Gasteiger partial charge in [0.25, 0.3) is 15.9 Å². The maximum Gasteiger partial charge on any atom is 0.263 e. The van der Waals surface area contributed by atoms with Gasteiger partial charge in [-0.1, -0.05) is 12.1 Å². The molecule has 0 bridgehead atoms. The second-order valence-electron chi connectivity index (χ2n) is 8.75. The predicted octanol–water partition coefficient (Wildman–Crippen LogP) is 2.25. The van der Waals surface area contributed by atoms with Crippen molar-refractivity contribution in [3.63, 3.8) is 0 Å². The number of carbonyl (C=O) groups excluding carboxylic acids is 1. The van der Waals surface area contributed by atoms with Gasteiger partial charge < -0.3 is 33.7 Å². The first-order valence-corrected chi connectivity index (χ1v) is 14.3. The number of aryl methyl sites for hydroxylation is 1. The summed E-state index contributed by atoms with van der Waals surface area (Å²) in [6, 6.07) is 11.1. The second-order valence-corrected chi connectivity index (χ2v) is 10.4. The monoisotopic (exact) mass is 588 g/mol. The van der Waals surface area contributed by atoms with E-state index in [1.165, 1.54) is 32.4 Å². The summed E-state index contributed by atoms with van der Waals surface area (Å²) in [6.07, 6.45) is 1.57. The van der Waals surface area contributed by atoms with Gasteiger partial charge in [0.2, 0.25) is 11.7 Å². The molecule has 1 aromatic heterocycles. The highest BCUT2D eigenvalue weighted by molar-refractivity contribution is 7.92. The summed E-state index contributed by atoms with van der Waals surface area (Å²) < 4.78 is 57.0. The van der Waals surface area contributed by atoms with E-state index in [4.69, 9.17) is 23.7 Å². The van der Waals surface area contributed by atoms with E-state index in [0.717, 1.165) is 6.33 Å². The molecule has 0 atom stereocenters. The lowest BCUT2D eigenvalue weighted by Crippen LogP contribution is -2.40. The summed E-state index contributed by atoms with van der Waals surface area (Å²) in [6.45, 7) is 1.62. The number of ether oxygens (including phenoxy) is 5. The normalized spacial score (nSPS) is 13.4. The summed E-state index contributed by atoms with van der Waals surface area (Å²) in [5.74, 6) is 0.643. The number of hydrogen-bond acceptors (Lipinski definition) is 11. The van der Waals surface area contributed by atoms with E-state index in [1.54, 1.807) is 29.2 Å². The number of sulfonamides is 1. The van der Waals surface area contributed by atoms with Crippen molar-refractivity contribution in [2.75, 3.05) is 58.5 Å². The molecule has 220 valence electrons. The number of nitrogens with one attached hydrogen (secondary N) is 1. The minimum Gasteiger partial charge on any atom is -0.496 e. The van der Waals surface area contributed by atoms with E-state index in [2.05, 4.69) is 14.7 Å². The fourth-order valence-electron chi connectivity index (χ4n) is 4.10. The maximum absolute atomic E-state index is 13.5. The van der Waals surface area contributed by atoms with Crippen LogP contribution in [0, 0.1) is 0 Å². The molecule has 2 aromatic carbocycles. The van der Waals surface area contributed by atoms with Crippen LogP contribution in [0.5, 0.6) is 28.9 Å². The van der Waals surface area contributed by atoms with Crippen LogP contribution in [0.4, 0.5) is 5.82 Å². The van der Waals surface area contributed by atoms with Gasteiger partial charge in [0.05, 0.1) is 38.9 Å². The molecule has 14 heteroatoms. The standard InChI is InChI=1S/C27H32N4O9S/c1-36-21-9-8-20(17-19(21)7-10-24(33)31-11-14-38-15-12-31)41(34,35)30-26-25(27(29-18-28-26)39-16-13-32)40-23-6-4-3-5-22(23)37-2/h3-6,8-9,17-18,32H,7,10-16H2,1-2H3,(H,28,29,30). The summed E-state index contributed by atoms with van der Waals surface area (Å²) in [4.78, 5) is 22.4. The average Bonchev–Trinajstić information content (AvgIpc) is 3.00. The van der Waals surface area contributed by atoms with Crippen molar-refractivity contribution >= 4 is 21.7 Å². The highest BCUT2D eigenvalue weighted by atomic mass is 32.2. The zero-order chi connectivity index (χ0) is 29.2. The van der Waals surface area contributed by atoms with Crippen LogP contribution in [-0.2, 0) is 26.0 Å². The molecule has 0 radical (unpaired) electrons. The number of amides is 1. The number of aromatic nitrogens is 2. The van der Waals surface area contributed by atoms with Crippen molar-refractivity contribution in [2.24, 2.45) is 0 Å². The topological polar surface area (TPSA) is 159 Å². The number of methoxy groups -OCH3 is 2. The van der Waals surface area contributed by atoms with Gasteiger partial charge in [0, 0.05) is 19.5 Å². The van der Waals surface area contributed by atoms with Gasteiger partial charge in [-0.3, -0.25) is 9.52 Å².